The summed E-state index contributed by atoms with van der Waals surface area (Å²) in [5, 5.41) is 7.56. The second-order valence-electron chi connectivity index (χ2n) is 5.90. The molecule has 26 heavy (non-hydrogen) atoms. The van der Waals surface area contributed by atoms with Gasteiger partial charge in [-0.1, -0.05) is 13.8 Å². The lowest BCUT2D eigenvalue weighted by Gasteiger charge is -2.06. The van der Waals surface area contributed by atoms with Crippen molar-refractivity contribution in [2.75, 3.05) is 23.8 Å². The highest BCUT2D eigenvalue weighted by Crippen LogP contribution is 2.17. The molecule has 1 aromatic heterocycles. The number of nitrogens with one attached hydrogen (secondary N) is 2. The van der Waals surface area contributed by atoms with Gasteiger partial charge in [-0.05, 0) is 24.5 Å². The molecule has 0 saturated heterocycles. The smallest absolute Gasteiger partial charge is 0.358 e. The number of thiazole rings is 1. The van der Waals surface area contributed by atoms with Gasteiger partial charge in [-0.15, -0.1) is 11.3 Å². The van der Waals surface area contributed by atoms with Crippen molar-refractivity contribution in [2.24, 2.45) is 5.92 Å². The van der Waals surface area contributed by atoms with Crippen LogP contribution in [0, 0.1) is 17.6 Å². The number of anilines is 2. The van der Waals surface area contributed by atoms with Crippen LogP contribution in [0.15, 0.2) is 23.6 Å². The Bertz CT molecular complexity index is 780. The van der Waals surface area contributed by atoms with Crippen LogP contribution in [0.5, 0.6) is 0 Å². The minimum atomic E-state index is -1.08. The fourth-order valence-corrected chi connectivity index (χ4v) is 2.60. The van der Waals surface area contributed by atoms with Crippen LogP contribution in [-0.4, -0.2) is 30.0 Å². The van der Waals surface area contributed by atoms with E-state index in [2.05, 4.69) is 29.5 Å². The van der Waals surface area contributed by atoms with E-state index in [0.29, 0.717) is 11.0 Å². The molecule has 0 spiro atoms. The van der Waals surface area contributed by atoms with Crippen LogP contribution in [0.1, 0.15) is 30.8 Å². The van der Waals surface area contributed by atoms with E-state index in [4.69, 9.17) is 4.74 Å². The monoisotopic (exact) mass is 383 g/mol. The van der Waals surface area contributed by atoms with Gasteiger partial charge in [0.2, 0.25) is 0 Å². The molecule has 0 aliphatic rings. The molecule has 1 amide bonds. The van der Waals surface area contributed by atoms with Crippen molar-refractivity contribution >= 4 is 34.0 Å². The average molecular weight is 383 g/mol. The van der Waals surface area contributed by atoms with Gasteiger partial charge in [-0.25, -0.2) is 18.6 Å². The Labute approximate surface area is 153 Å². The van der Waals surface area contributed by atoms with Crippen LogP contribution in [-0.2, 0) is 9.53 Å². The Morgan fingerprint density at radius 2 is 2.04 bits per heavy atom. The third kappa shape index (κ3) is 6.07. The molecular weight excluding hydrogens is 364 g/mol. The van der Waals surface area contributed by atoms with Gasteiger partial charge in [-0.3, -0.25) is 4.79 Å². The number of esters is 1. The van der Waals surface area contributed by atoms with E-state index in [1.54, 1.807) is 0 Å². The summed E-state index contributed by atoms with van der Waals surface area (Å²) in [4.78, 5) is 27.7. The maximum Gasteiger partial charge on any atom is 0.358 e. The molecule has 0 aliphatic carbocycles. The molecule has 1 heterocycles. The molecule has 1 aromatic carbocycles. The maximum absolute atomic E-state index is 13.1. The first kappa shape index (κ1) is 19.8. The lowest BCUT2D eigenvalue weighted by molar-refractivity contribution is -0.119. The molecule has 2 aromatic rings. The van der Waals surface area contributed by atoms with E-state index >= 15 is 0 Å². The van der Waals surface area contributed by atoms with E-state index in [1.807, 2.05) is 0 Å². The van der Waals surface area contributed by atoms with Crippen LogP contribution in [0.3, 0.4) is 0 Å². The first-order valence-corrected chi connectivity index (χ1v) is 8.84. The first-order valence-electron chi connectivity index (χ1n) is 7.96. The number of amides is 1. The summed E-state index contributed by atoms with van der Waals surface area (Å²) < 4.78 is 30.8. The molecular formula is C17H19F2N3O3S. The number of rotatable bonds is 8. The largest absolute Gasteiger partial charge is 0.451 e. The quantitative estimate of drug-likeness (QED) is 0.680. The van der Waals surface area contributed by atoms with Crippen molar-refractivity contribution in [1.29, 1.82) is 0 Å². The maximum atomic E-state index is 13.1. The average Bonchev–Trinajstić information content (AvgIpc) is 3.05. The predicted molar refractivity (Wildman–Crippen MR) is 95.3 cm³/mol. The fraction of sp³-hybridized carbons (Fsp3) is 0.353. The lowest BCUT2D eigenvalue weighted by Crippen LogP contribution is -2.21. The standard InChI is InChI=1S/C17H19F2N3O3S/c1-10(2)5-6-20-17-22-14(9-26-17)16(24)25-8-15(23)21-11-3-4-12(18)13(19)7-11/h3-4,7,9-10H,5-6,8H2,1-2H3,(H,20,22)(H,21,23). The highest BCUT2D eigenvalue weighted by molar-refractivity contribution is 7.13. The number of carbonyl (C=O) groups excluding carboxylic acids is 2. The van der Waals surface area contributed by atoms with Gasteiger partial charge in [0.15, 0.2) is 29.1 Å². The number of ether oxygens (including phenoxy) is 1. The number of carbonyl (C=O) groups is 2. The van der Waals surface area contributed by atoms with Crippen LogP contribution >= 0.6 is 11.3 Å². The van der Waals surface area contributed by atoms with Gasteiger partial charge in [0.25, 0.3) is 5.91 Å². The topological polar surface area (TPSA) is 80.3 Å². The van der Waals surface area contributed by atoms with Gasteiger partial charge < -0.3 is 15.4 Å². The van der Waals surface area contributed by atoms with Crippen molar-refractivity contribution in [3.8, 4) is 0 Å². The molecule has 0 bridgehead atoms. The van der Waals surface area contributed by atoms with E-state index in [-0.39, 0.29) is 11.4 Å². The second kappa shape index (κ2) is 9.23. The predicted octanol–water partition coefficient (Wildman–Crippen LogP) is 3.67. The molecule has 2 N–H and O–H groups in total. The Kier molecular flexibility index (Phi) is 7.02. The van der Waals surface area contributed by atoms with Gasteiger partial charge in [0, 0.05) is 23.7 Å². The van der Waals surface area contributed by atoms with E-state index < -0.39 is 30.1 Å². The Morgan fingerprint density at radius 1 is 1.27 bits per heavy atom. The number of halogens is 2. The van der Waals surface area contributed by atoms with E-state index in [1.165, 1.54) is 22.8 Å². The second-order valence-corrected chi connectivity index (χ2v) is 6.76. The normalized spacial score (nSPS) is 10.7. The molecule has 0 radical (unpaired) electrons. The number of benzene rings is 1. The summed E-state index contributed by atoms with van der Waals surface area (Å²) in [5.74, 6) is -2.95. The molecule has 9 heteroatoms. The van der Waals surface area contributed by atoms with Crippen molar-refractivity contribution < 1.29 is 23.1 Å². The van der Waals surface area contributed by atoms with Gasteiger partial charge in [0.1, 0.15) is 0 Å². The molecule has 0 fully saturated rings. The molecule has 6 nitrogen and oxygen atoms in total. The summed E-state index contributed by atoms with van der Waals surface area (Å²) >= 11 is 1.27. The fourth-order valence-electron chi connectivity index (χ4n) is 1.89. The number of nitrogens with zero attached hydrogens (tertiary/aromatic N) is 1. The molecule has 0 atom stereocenters. The van der Waals surface area contributed by atoms with Crippen molar-refractivity contribution in [3.05, 3.63) is 40.9 Å². The van der Waals surface area contributed by atoms with Crippen molar-refractivity contribution in [3.63, 3.8) is 0 Å². The van der Waals surface area contributed by atoms with Crippen LogP contribution in [0.4, 0.5) is 19.6 Å². The minimum absolute atomic E-state index is 0.0650. The van der Waals surface area contributed by atoms with Gasteiger partial charge in [0.05, 0.1) is 0 Å². The van der Waals surface area contributed by atoms with Crippen LogP contribution < -0.4 is 10.6 Å². The minimum Gasteiger partial charge on any atom is -0.451 e. The highest BCUT2D eigenvalue weighted by Gasteiger charge is 2.14. The zero-order chi connectivity index (χ0) is 19.1. The molecule has 0 unspecified atom stereocenters. The Morgan fingerprint density at radius 3 is 2.73 bits per heavy atom. The summed E-state index contributed by atoms with van der Waals surface area (Å²) in [6.07, 6.45) is 0.976. The third-order valence-corrected chi connectivity index (χ3v) is 4.05. The summed E-state index contributed by atoms with van der Waals surface area (Å²) in [6, 6.07) is 2.93. The lowest BCUT2D eigenvalue weighted by atomic mass is 10.1. The van der Waals surface area contributed by atoms with Crippen molar-refractivity contribution in [1.82, 2.24) is 4.98 Å². The zero-order valence-electron chi connectivity index (χ0n) is 14.3. The van der Waals surface area contributed by atoms with Crippen LogP contribution in [0.2, 0.25) is 0 Å². The third-order valence-electron chi connectivity index (χ3n) is 3.25. The van der Waals surface area contributed by atoms with Gasteiger partial charge >= 0.3 is 5.97 Å². The molecule has 0 aliphatic heterocycles. The number of hydrogen-bond acceptors (Lipinski definition) is 6. The molecule has 0 saturated carbocycles. The van der Waals surface area contributed by atoms with Crippen molar-refractivity contribution in [2.45, 2.75) is 20.3 Å². The number of hydrogen-bond donors (Lipinski definition) is 2. The highest BCUT2D eigenvalue weighted by atomic mass is 32.1. The Balaban J connectivity index is 1.79. The van der Waals surface area contributed by atoms with Gasteiger partial charge in [-0.2, -0.15) is 0 Å². The Hall–Kier alpha value is -2.55. The van der Waals surface area contributed by atoms with Crippen LogP contribution in [0.25, 0.3) is 0 Å². The first-order chi connectivity index (χ1) is 12.3. The summed E-state index contributed by atoms with van der Waals surface area (Å²) in [5.41, 5.74) is 0.165. The molecule has 140 valence electrons. The SMILES string of the molecule is CC(C)CCNc1nc(C(=O)OCC(=O)Nc2ccc(F)c(F)c2)cs1. The number of aromatic nitrogens is 1. The summed E-state index contributed by atoms with van der Waals surface area (Å²) in [7, 11) is 0. The zero-order valence-corrected chi connectivity index (χ0v) is 15.2. The van der Waals surface area contributed by atoms with E-state index in [9.17, 15) is 18.4 Å². The summed E-state index contributed by atoms with van der Waals surface area (Å²) in [6.45, 7) is 4.40. The van der Waals surface area contributed by atoms with E-state index in [0.717, 1.165) is 25.1 Å². The molecule has 2 rings (SSSR count).